The van der Waals surface area contributed by atoms with Gasteiger partial charge in [0.2, 0.25) is 0 Å². The Labute approximate surface area is 88.0 Å². The molecule has 4 nitrogen and oxygen atoms in total. The van der Waals surface area contributed by atoms with Gasteiger partial charge in [-0.25, -0.2) is 0 Å². The summed E-state index contributed by atoms with van der Waals surface area (Å²) in [5.74, 6) is 0. The summed E-state index contributed by atoms with van der Waals surface area (Å²) < 4.78 is 10.3. The maximum atomic E-state index is 6.05. The number of aromatic nitrogens is 1. The number of nitrogens with zero attached hydrogens (tertiary/aromatic N) is 1. The van der Waals surface area contributed by atoms with Gasteiger partial charge in [0.1, 0.15) is 5.52 Å². The average molecular weight is 206 g/mol. The number of rotatable bonds is 2. The van der Waals surface area contributed by atoms with E-state index in [4.69, 9.17) is 14.9 Å². The highest BCUT2D eigenvalue weighted by Crippen LogP contribution is 2.28. The summed E-state index contributed by atoms with van der Waals surface area (Å²) >= 11 is 0. The van der Waals surface area contributed by atoms with Crippen molar-refractivity contribution in [2.24, 2.45) is 5.73 Å². The smallest absolute Gasteiger partial charge is 0.394 e. The van der Waals surface area contributed by atoms with E-state index in [2.05, 4.69) is 4.98 Å². The van der Waals surface area contributed by atoms with Crippen LogP contribution in [0.3, 0.4) is 0 Å². The van der Waals surface area contributed by atoms with Gasteiger partial charge in [-0.3, -0.25) is 0 Å². The molecular formula is C11H14N2O2. The van der Waals surface area contributed by atoms with Crippen LogP contribution in [-0.2, 0) is 5.54 Å². The molecule has 2 aromatic rings. The zero-order valence-corrected chi connectivity index (χ0v) is 9.07. The molecule has 0 fully saturated rings. The van der Waals surface area contributed by atoms with E-state index in [-0.39, 0.29) is 6.08 Å². The number of hydrogen-bond acceptors (Lipinski definition) is 4. The van der Waals surface area contributed by atoms with E-state index in [1.807, 2.05) is 32.0 Å². The molecule has 0 atom stereocenters. The average Bonchev–Trinajstić information content (AvgIpc) is 2.57. The molecule has 0 aliphatic rings. The zero-order chi connectivity index (χ0) is 11.1. The van der Waals surface area contributed by atoms with E-state index in [0.29, 0.717) is 5.58 Å². The minimum absolute atomic E-state index is 0.265. The van der Waals surface area contributed by atoms with Crippen molar-refractivity contribution in [1.82, 2.24) is 4.98 Å². The van der Waals surface area contributed by atoms with E-state index in [9.17, 15) is 0 Å². The summed E-state index contributed by atoms with van der Waals surface area (Å²) in [5.41, 5.74) is 8.02. The van der Waals surface area contributed by atoms with Crippen LogP contribution in [0.25, 0.3) is 11.1 Å². The highest BCUT2D eigenvalue weighted by atomic mass is 16.6. The van der Waals surface area contributed by atoms with Gasteiger partial charge in [0.25, 0.3) is 0 Å². The lowest BCUT2D eigenvalue weighted by atomic mass is 9.95. The van der Waals surface area contributed by atoms with Crippen molar-refractivity contribution < 1.29 is 9.15 Å². The van der Waals surface area contributed by atoms with Crippen molar-refractivity contribution in [3.8, 4) is 6.08 Å². The normalized spacial score (nSPS) is 12.0. The Morgan fingerprint density at radius 1 is 1.40 bits per heavy atom. The molecule has 0 amide bonds. The van der Waals surface area contributed by atoms with Gasteiger partial charge in [-0.15, -0.1) is 0 Å². The molecule has 1 heterocycles. The van der Waals surface area contributed by atoms with Gasteiger partial charge in [-0.05, 0) is 19.9 Å². The molecule has 0 radical (unpaired) electrons. The number of para-hydroxylation sites is 1. The number of oxazole rings is 1. The maximum Gasteiger partial charge on any atom is 0.394 e. The van der Waals surface area contributed by atoms with Crippen molar-refractivity contribution in [3.63, 3.8) is 0 Å². The molecule has 80 valence electrons. The fraction of sp³-hybridized carbons (Fsp3) is 0.364. The van der Waals surface area contributed by atoms with E-state index >= 15 is 0 Å². The number of methoxy groups -OCH3 is 1. The third-order valence-corrected chi connectivity index (χ3v) is 2.27. The predicted octanol–water partition coefficient (Wildman–Crippen LogP) is 2.03. The van der Waals surface area contributed by atoms with Crippen molar-refractivity contribution >= 4 is 11.1 Å². The van der Waals surface area contributed by atoms with Crippen LogP contribution in [0.4, 0.5) is 0 Å². The van der Waals surface area contributed by atoms with Crippen LogP contribution in [0.15, 0.2) is 22.6 Å². The number of hydrogen-bond donors (Lipinski definition) is 1. The highest BCUT2D eigenvalue weighted by molar-refractivity contribution is 5.78. The monoisotopic (exact) mass is 206 g/mol. The lowest BCUT2D eigenvalue weighted by Crippen LogP contribution is -2.28. The summed E-state index contributed by atoms with van der Waals surface area (Å²) in [4.78, 5) is 4.23. The first-order valence-electron chi connectivity index (χ1n) is 4.75. The molecule has 0 aliphatic carbocycles. The van der Waals surface area contributed by atoms with Gasteiger partial charge in [0.05, 0.1) is 7.11 Å². The van der Waals surface area contributed by atoms with Gasteiger partial charge < -0.3 is 14.9 Å². The van der Waals surface area contributed by atoms with Gasteiger partial charge in [0, 0.05) is 11.1 Å². The lowest BCUT2D eigenvalue weighted by Gasteiger charge is -2.18. The number of ether oxygens (including phenoxy) is 1. The topological polar surface area (TPSA) is 61.3 Å². The Morgan fingerprint density at radius 2 is 2.13 bits per heavy atom. The van der Waals surface area contributed by atoms with Crippen molar-refractivity contribution in [2.45, 2.75) is 19.4 Å². The van der Waals surface area contributed by atoms with Crippen LogP contribution < -0.4 is 10.5 Å². The summed E-state index contributed by atoms with van der Waals surface area (Å²) in [6, 6.07) is 5.70. The molecular weight excluding hydrogens is 192 g/mol. The molecule has 0 unspecified atom stereocenters. The first kappa shape index (κ1) is 9.98. The number of fused-ring (bicyclic) bond motifs is 1. The molecule has 1 aromatic carbocycles. The van der Waals surface area contributed by atoms with Gasteiger partial charge in [-0.1, -0.05) is 12.1 Å². The predicted molar refractivity (Wildman–Crippen MR) is 57.8 cm³/mol. The van der Waals surface area contributed by atoms with Crippen molar-refractivity contribution in [3.05, 3.63) is 23.8 Å². The van der Waals surface area contributed by atoms with Crippen molar-refractivity contribution in [2.75, 3.05) is 7.11 Å². The molecule has 4 heteroatoms. The largest absolute Gasteiger partial charge is 0.453 e. The number of benzene rings is 1. The molecule has 2 rings (SSSR count). The van der Waals surface area contributed by atoms with E-state index in [0.717, 1.165) is 11.1 Å². The van der Waals surface area contributed by atoms with Crippen LogP contribution in [0, 0.1) is 0 Å². The molecule has 0 saturated carbocycles. The minimum Gasteiger partial charge on any atom is -0.453 e. The van der Waals surface area contributed by atoms with Crippen LogP contribution in [0.5, 0.6) is 6.08 Å². The van der Waals surface area contributed by atoms with E-state index < -0.39 is 5.54 Å². The minimum atomic E-state index is -0.443. The zero-order valence-electron chi connectivity index (χ0n) is 9.07. The molecule has 0 bridgehead atoms. The fourth-order valence-electron chi connectivity index (χ4n) is 1.54. The molecule has 2 N–H and O–H groups in total. The van der Waals surface area contributed by atoms with Crippen LogP contribution in [0.1, 0.15) is 19.4 Å². The van der Waals surface area contributed by atoms with Crippen molar-refractivity contribution in [1.29, 1.82) is 0 Å². The van der Waals surface area contributed by atoms with Crippen LogP contribution in [-0.4, -0.2) is 12.1 Å². The van der Waals surface area contributed by atoms with E-state index in [1.165, 1.54) is 7.11 Å². The van der Waals surface area contributed by atoms with Crippen LogP contribution in [0.2, 0.25) is 0 Å². The number of nitrogens with two attached hydrogens (primary N) is 1. The molecule has 15 heavy (non-hydrogen) atoms. The summed E-state index contributed by atoms with van der Waals surface area (Å²) in [5, 5.41) is 0. The summed E-state index contributed by atoms with van der Waals surface area (Å²) in [6.45, 7) is 3.87. The Balaban J connectivity index is 2.70. The Kier molecular flexibility index (Phi) is 2.16. The lowest BCUT2D eigenvalue weighted by molar-refractivity contribution is 0.299. The SMILES string of the molecule is COc1nc2c(C(C)(C)N)cccc2o1. The molecule has 0 aliphatic heterocycles. The van der Waals surface area contributed by atoms with Crippen LogP contribution >= 0.6 is 0 Å². The Morgan fingerprint density at radius 3 is 2.73 bits per heavy atom. The van der Waals surface area contributed by atoms with Gasteiger partial charge in [-0.2, -0.15) is 4.98 Å². The third-order valence-electron chi connectivity index (χ3n) is 2.27. The van der Waals surface area contributed by atoms with Gasteiger partial charge >= 0.3 is 6.08 Å². The van der Waals surface area contributed by atoms with E-state index in [1.54, 1.807) is 0 Å². The quantitative estimate of drug-likeness (QED) is 0.816. The highest BCUT2D eigenvalue weighted by Gasteiger charge is 2.20. The second-order valence-corrected chi connectivity index (χ2v) is 4.06. The van der Waals surface area contributed by atoms with Gasteiger partial charge in [0.15, 0.2) is 5.58 Å². The summed E-state index contributed by atoms with van der Waals surface area (Å²) in [6.07, 6.45) is 0.265. The molecule has 0 spiro atoms. The standard InChI is InChI=1S/C11H14N2O2/c1-11(2,12)7-5-4-6-8-9(7)13-10(14-3)15-8/h4-6H,12H2,1-3H3. The second-order valence-electron chi connectivity index (χ2n) is 4.06. The summed E-state index contributed by atoms with van der Waals surface area (Å²) in [7, 11) is 1.53. The first-order valence-corrected chi connectivity index (χ1v) is 4.75. The molecule has 1 aromatic heterocycles. The Hall–Kier alpha value is -1.55. The molecule has 0 saturated heterocycles. The third kappa shape index (κ3) is 1.68. The second kappa shape index (κ2) is 3.24. The fourth-order valence-corrected chi connectivity index (χ4v) is 1.54. The first-order chi connectivity index (χ1) is 7.02. The maximum absolute atomic E-state index is 6.05. The Bertz CT molecular complexity index is 483.